The van der Waals surface area contributed by atoms with Crippen LogP contribution in [0.25, 0.3) is 6.08 Å². The molecule has 8 heteroatoms. The molecular weight excluding hydrogens is 388 g/mol. The molecule has 0 atom stereocenters. The molecule has 1 aromatic carbocycles. The quantitative estimate of drug-likeness (QED) is 0.612. The fourth-order valence-electron chi connectivity index (χ4n) is 2.01. The first-order valence-corrected chi connectivity index (χ1v) is 11.6. The number of amides is 1. The third kappa shape index (κ3) is 7.33. The minimum Gasteiger partial charge on any atom is -0.354 e. The van der Waals surface area contributed by atoms with E-state index in [-0.39, 0.29) is 12.5 Å². The van der Waals surface area contributed by atoms with E-state index in [1.807, 2.05) is 41.8 Å². The summed E-state index contributed by atoms with van der Waals surface area (Å²) < 4.78 is 25.4. The number of sulfonamides is 1. The maximum absolute atomic E-state index is 12.2. The van der Waals surface area contributed by atoms with Gasteiger partial charge in [-0.15, -0.1) is 11.3 Å². The monoisotopic (exact) mass is 410 g/mol. The number of carbonyl (C=O) groups excluding carboxylic acids is 1. The number of nitrogens with one attached hydrogen (secondary N) is 1. The summed E-state index contributed by atoms with van der Waals surface area (Å²) >= 11 is 3.45. The molecule has 26 heavy (non-hydrogen) atoms. The number of rotatable bonds is 10. The number of hydrogen-bond acceptors (Lipinski definition) is 5. The summed E-state index contributed by atoms with van der Waals surface area (Å²) in [5.74, 6) is 1.40. The maximum Gasteiger partial charge on any atom is 0.236 e. The van der Waals surface area contributed by atoms with Gasteiger partial charge in [-0.2, -0.15) is 16.1 Å². The van der Waals surface area contributed by atoms with Crippen molar-refractivity contribution in [2.24, 2.45) is 0 Å². The average molecular weight is 411 g/mol. The fraction of sp³-hybridized carbons (Fsp3) is 0.278. The number of hydrogen-bond donors (Lipinski definition) is 1. The van der Waals surface area contributed by atoms with Crippen molar-refractivity contribution in [2.75, 3.05) is 25.9 Å². The van der Waals surface area contributed by atoms with E-state index in [1.165, 1.54) is 18.0 Å². The Labute approximate surface area is 163 Å². The lowest BCUT2D eigenvalue weighted by Crippen LogP contribution is -2.38. The normalized spacial score (nSPS) is 11.9. The van der Waals surface area contributed by atoms with Crippen LogP contribution in [0, 0.1) is 0 Å². The van der Waals surface area contributed by atoms with Crippen molar-refractivity contribution in [3.63, 3.8) is 0 Å². The van der Waals surface area contributed by atoms with E-state index >= 15 is 0 Å². The summed E-state index contributed by atoms with van der Waals surface area (Å²) in [6.45, 7) is 0.319. The van der Waals surface area contributed by atoms with E-state index in [0.29, 0.717) is 6.54 Å². The van der Waals surface area contributed by atoms with Crippen LogP contribution in [0.2, 0.25) is 0 Å². The molecule has 2 aromatic rings. The van der Waals surface area contributed by atoms with E-state index in [4.69, 9.17) is 0 Å². The number of thioether (sulfide) groups is 1. The van der Waals surface area contributed by atoms with Gasteiger partial charge >= 0.3 is 0 Å². The van der Waals surface area contributed by atoms with Gasteiger partial charge in [0, 0.05) is 35.4 Å². The van der Waals surface area contributed by atoms with E-state index < -0.39 is 10.0 Å². The molecule has 2 rings (SSSR count). The standard InChI is InChI=1S/C18H22N2O3S3/c1-20(26(22,23)13-9-16-6-3-2-4-7-16)14-18(21)19-10-12-24-15-17-8-5-11-25-17/h2-9,11,13H,10,12,14-15H2,1H3,(H,19,21)/b13-9+. The molecule has 0 aliphatic heterocycles. The van der Waals surface area contributed by atoms with Gasteiger partial charge in [-0.25, -0.2) is 8.42 Å². The Morgan fingerprint density at radius 3 is 2.69 bits per heavy atom. The first-order chi connectivity index (χ1) is 12.5. The van der Waals surface area contributed by atoms with Crippen LogP contribution in [0.4, 0.5) is 0 Å². The summed E-state index contributed by atoms with van der Waals surface area (Å²) in [7, 11) is -2.23. The topological polar surface area (TPSA) is 66.5 Å². The smallest absolute Gasteiger partial charge is 0.236 e. The SMILES string of the molecule is CN(CC(=O)NCCSCc1cccs1)S(=O)(=O)/C=C/c1ccccc1. The predicted octanol–water partition coefficient (Wildman–Crippen LogP) is 3.03. The van der Waals surface area contributed by atoms with E-state index in [0.717, 1.165) is 26.8 Å². The highest BCUT2D eigenvalue weighted by Crippen LogP contribution is 2.16. The Morgan fingerprint density at radius 1 is 1.23 bits per heavy atom. The van der Waals surface area contributed by atoms with Gasteiger partial charge in [0.2, 0.25) is 15.9 Å². The van der Waals surface area contributed by atoms with Crippen molar-refractivity contribution in [3.8, 4) is 0 Å². The van der Waals surface area contributed by atoms with Crippen molar-refractivity contribution in [3.05, 3.63) is 63.7 Å². The molecular formula is C18H22N2O3S3. The maximum atomic E-state index is 12.2. The molecule has 0 aliphatic rings. The van der Waals surface area contributed by atoms with Crippen molar-refractivity contribution in [1.82, 2.24) is 9.62 Å². The molecule has 0 saturated heterocycles. The van der Waals surface area contributed by atoms with Crippen LogP contribution in [0.15, 0.2) is 53.3 Å². The summed E-state index contributed by atoms with van der Waals surface area (Å²) in [5, 5.41) is 5.91. The molecule has 0 bridgehead atoms. The third-order valence-electron chi connectivity index (χ3n) is 3.43. The molecule has 0 radical (unpaired) electrons. The second-order valence-electron chi connectivity index (χ2n) is 5.50. The van der Waals surface area contributed by atoms with Gasteiger partial charge in [0.1, 0.15) is 0 Å². The Bertz CT molecular complexity index is 803. The second-order valence-corrected chi connectivity index (χ2v) is 9.56. The zero-order chi connectivity index (χ0) is 18.8. The first kappa shape index (κ1) is 20.7. The lowest BCUT2D eigenvalue weighted by molar-refractivity contribution is -0.120. The van der Waals surface area contributed by atoms with Gasteiger partial charge in [0.05, 0.1) is 6.54 Å². The Balaban J connectivity index is 1.70. The molecule has 140 valence electrons. The highest BCUT2D eigenvalue weighted by atomic mass is 32.2. The molecule has 1 N–H and O–H groups in total. The minimum atomic E-state index is -3.63. The fourth-order valence-corrected chi connectivity index (χ4v) is 4.54. The number of nitrogens with zero attached hydrogens (tertiary/aromatic N) is 1. The number of likely N-dealkylation sites (N-methyl/N-ethyl adjacent to an activating group) is 1. The Kier molecular flexibility index (Phi) is 8.37. The predicted molar refractivity (Wildman–Crippen MR) is 111 cm³/mol. The van der Waals surface area contributed by atoms with Gasteiger partial charge < -0.3 is 5.32 Å². The highest BCUT2D eigenvalue weighted by Gasteiger charge is 2.17. The first-order valence-electron chi connectivity index (χ1n) is 8.04. The van der Waals surface area contributed by atoms with Crippen LogP contribution in [0.1, 0.15) is 10.4 Å². The third-order valence-corrected chi connectivity index (χ3v) is 6.97. The molecule has 0 unspecified atom stereocenters. The van der Waals surface area contributed by atoms with E-state index in [2.05, 4.69) is 11.4 Å². The van der Waals surface area contributed by atoms with Crippen LogP contribution < -0.4 is 5.32 Å². The van der Waals surface area contributed by atoms with Gasteiger partial charge in [-0.05, 0) is 23.1 Å². The van der Waals surface area contributed by atoms with Crippen LogP contribution in [-0.4, -0.2) is 44.5 Å². The van der Waals surface area contributed by atoms with Crippen LogP contribution in [0.3, 0.4) is 0 Å². The molecule has 1 aromatic heterocycles. The molecule has 1 amide bonds. The van der Waals surface area contributed by atoms with Crippen molar-refractivity contribution >= 4 is 45.1 Å². The van der Waals surface area contributed by atoms with Gasteiger partial charge in [-0.1, -0.05) is 36.4 Å². The number of carbonyl (C=O) groups is 1. The Hall–Kier alpha value is -1.61. The van der Waals surface area contributed by atoms with Crippen molar-refractivity contribution in [1.29, 1.82) is 0 Å². The lowest BCUT2D eigenvalue weighted by Gasteiger charge is -2.14. The number of thiophene rings is 1. The van der Waals surface area contributed by atoms with Crippen LogP contribution in [0.5, 0.6) is 0 Å². The van der Waals surface area contributed by atoms with Crippen LogP contribution >= 0.6 is 23.1 Å². The van der Waals surface area contributed by atoms with Crippen molar-refractivity contribution in [2.45, 2.75) is 5.75 Å². The molecule has 0 fully saturated rings. The van der Waals surface area contributed by atoms with Crippen LogP contribution in [-0.2, 0) is 20.6 Å². The molecule has 5 nitrogen and oxygen atoms in total. The summed E-state index contributed by atoms with van der Waals surface area (Å²) in [6.07, 6.45) is 1.52. The zero-order valence-corrected chi connectivity index (χ0v) is 16.9. The van der Waals surface area contributed by atoms with Gasteiger partial charge in [0.25, 0.3) is 0 Å². The molecule has 0 saturated carbocycles. The van der Waals surface area contributed by atoms with Gasteiger partial charge in [0.15, 0.2) is 0 Å². The van der Waals surface area contributed by atoms with E-state index in [9.17, 15) is 13.2 Å². The highest BCUT2D eigenvalue weighted by molar-refractivity contribution is 7.98. The largest absolute Gasteiger partial charge is 0.354 e. The average Bonchev–Trinajstić information content (AvgIpc) is 3.14. The number of benzene rings is 1. The summed E-state index contributed by atoms with van der Waals surface area (Å²) in [4.78, 5) is 13.2. The van der Waals surface area contributed by atoms with E-state index in [1.54, 1.807) is 23.1 Å². The lowest BCUT2D eigenvalue weighted by atomic mass is 10.2. The van der Waals surface area contributed by atoms with Gasteiger partial charge in [-0.3, -0.25) is 4.79 Å². The van der Waals surface area contributed by atoms with Crippen molar-refractivity contribution < 1.29 is 13.2 Å². The molecule has 0 spiro atoms. The summed E-state index contributed by atoms with van der Waals surface area (Å²) in [6, 6.07) is 13.3. The summed E-state index contributed by atoms with van der Waals surface area (Å²) in [5.41, 5.74) is 0.789. The molecule has 1 heterocycles. The zero-order valence-electron chi connectivity index (χ0n) is 14.5. The minimum absolute atomic E-state index is 0.197. The second kappa shape index (κ2) is 10.5. The molecule has 0 aliphatic carbocycles. The Morgan fingerprint density at radius 2 is 2.00 bits per heavy atom.